The molecule has 1 amide bonds. The van der Waals surface area contributed by atoms with Crippen molar-refractivity contribution >= 4 is 36.0 Å². The highest BCUT2D eigenvalue weighted by Gasteiger charge is 2.15. The lowest BCUT2D eigenvalue weighted by atomic mass is 10.2. The lowest BCUT2D eigenvalue weighted by Crippen LogP contribution is -2.44. The number of carbonyl (C=O) groups excluding carboxylic acids is 1. The molecule has 0 aromatic carbocycles. The topological polar surface area (TPSA) is 84.0 Å². The first-order chi connectivity index (χ1) is 9.78. The van der Waals surface area contributed by atoms with Crippen LogP contribution >= 0.6 is 24.0 Å². The number of methoxy groups -OCH3 is 1. The fourth-order valence-corrected chi connectivity index (χ4v) is 1.48. The van der Waals surface area contributed by atoms with Crippen molar-refractivity contribution in [2.24, 2.45) is 4.99 Å². The van der Waals surface area contributed by atoms with E-state index in [1.54, 1.807) is 7.11 Å². The summed E-state index contributed by atoms with van der Waals surface area (Å²) in [5, 5.41) is 9.02. The van der Waals surface area contributed by atoms with Crippen LogP contribution in [0.2, 0.25) is 0 Å². The smallest absolute Gasteiger partial charge is 0.407 e. The summed E-state index contributed by atoms with van der Waals surface area (Å²) in [6.07, 6.45) is -0.427. The van der Waals surface area contributed by atoms with Crippen LogP contribution in [0.25, 0.3) is 0 Å². The number of rotatable bonds is 7. The molecule has 0 fully saturated rings. The van der Waals surface area contributed by atoms with Crippen LogP contribution in [0.4, 0.5) is 4.79 Å². The number of hydrogen-bond donors (Lipinski definition) is 3. The Hall–Kier alpha value is -0.770. The predicted octanol–water partition coefficient (Wildman–Crippen LogP) is 1.72. The van der Waals surface area contributed by atoms with Gasteiger partial charge < -0.3 is 25.4 Å². The number of guanidine groups is 1. The van der Waals surface area contributed by atoms with Crippen LogP contribution in [-0.2, 0) is 9.47 Å². The number of aliphatic imine (C=N–C) groups is 1. The molecule has 22 heavy (non-hydrogen) atoms. The molecule has 0 aliphatic rings. The van der Waals surface area contributed by atoms with Crippen molar-refractivity contribution in [3.05, 3.63) is 0 Å². The van der Waals surface area contributed by atoms with E-state index in [0.29, 0.717) is 25.7 Å². The van der Waals surface area contributed by atoms with Gasteiger partial charge in [0.1, 0.15) is 5.60 Å². The maximum atomic E-state index is 11.5. The van der Waals surface area contributed by atoms with E-state index in [9.17, 15) is 4.79 Å². The maximum absolute atomic E-state index is 11.5. The molecule has 0 rings (SSSR count). The summed E-state index contributed by atoms with van der Waals surface area (Å²) in [4.78, 5) is 15.8. The number of ether oxygens (including phenoxy) is 2. The number of nitrogens with zero attached hydrogens (tertiary/aromatic N) is 1. The number of carbonyl (C=O) groups is 1. The standard InChI is InChI=1S/C14H30N4O3.HI/c1-7-15-12(18-11(2)10-20-6)16-8-9-17-13(19)21-14(3,4)5;/h11H,7-10H2,1-6H3,(H,17,19)(H2,15,16,18);1H. The molecule has 0 aliphatic heterocycles. The Morgan fingerprint density at radius 3 is 2.41 bits per heavy atom. The van der Waals surface area contributed by atoms with Crippen molar-refractivity contribution < 1.29 is 14.3 Å². The normalized spacial score (nSPS) is 12.9. The van der Waals surface area contributed by atoms with Gasteiger partial charge in [0.2, 0.25) is 0 Å². The van der Waals surface area contributed by atoms with Gasteiger partial charge in [-0.1, -0.05) is 0 Å². The minimum absolute atomic E-state index is 0. The Balaban J connectivity index is 0. The number of hydrogen-bond acceptors (Lipinski definition) is 4. The quantitative estimate of drug-likeness (QED) is 0.248. The third kappa shape index (κ3) is 14.2. The fourth-order valence-electron chi connectivity index (χ4n) is 1.48. The molecule has 8 heteroatoms. The molecule has 1 atom stereocenters. The molecule has 3 N–H and O–H groups in total. The molecule has 0 saturated carbocycles. The molecule has 0 spiro atoms. The van der Waals surface area contributed by atoms with Crippen LogP contribution in [0, 0.1) is 0 Å². The van der Waals surface area contributed by atoms with Gasteiger partial charge in [-0.15, -0.1) is 24.0 Å². The number of halogens is 1. The third-order valence-corrected chi connectivity index (χ3v) is 2.19. The first kappa shape index (κ1) is 23.5. The van der Waals surface area contributed by atoms with Crippen LogP contribution in [-0.4, -0.2) is 57.0 Å². The van der Waals surface area contributed by atoms with Crippen molar-refractivity contribution in [1.82, 2.24) is 16.0 Å². The molecule has 0 radical (unpaired) electrons. The van der Waals surface area contributed by atoms with Gasteiger partial charge in [-0.25, -0.2) is 4.79 Å². The van der Waals surface area contributed by atoms with Gasteiger partial charge in [0.25, 0.3) is 0 Å². The zero-order valence-electron chi connectivity index (χ0n) is 14.5. The van der Waals surface area contributed by atoms with Gasteiger partial charge in [0, 0.05) is 26.2 Å². The zero-order valence-corrected chi connectivity index (χ0v) is 16.8. The maximum Gasteiger partial charge on any atom is 0.407 e. The van der Waals surface area contributed by atoms with E-state index in [1.165, 1.54) is 0 Å². The summed E-state index contributed by atoms with van der Waals surface area (Å²) in [6, 6.07) is 0.159. The third-order valence-electron chi connectivity index (χ3n) is 2.19. The molecule has 0 heterocycles. The second kappa shape index (κ2) is 12.7. The first-order valence-electron chi connectivity index (χ1n) is 7.29. The molecule has 132 valence electrons. The predicted molar refractivity (Wildman–Crippen MR) is 100 cm³/mol. The van der Waals surface area contributed by atoms with Crippen LogP contribution < -0.4 is 16.0 Å². The Kier molecular flexibility index (Phi) is 13.6. The van der Waals surface area contributed by atoms with Gasteiger partial charge in [-0.3, -0.25) is 4.99 Å². The second-order valence-electron chi connectivity index (χ2n) is 5.69. The summed E-state index contributed by atoms with van der Waals surface area (Å²) >= 11 is 0. The second-order valence-corrected chi connectivity index (χ2v) is 5.69. The van der Waals surface area contributed by atoms with E-state index in [1.807, 2.05) is 34.6 Å². The molecule has 0 saturated heterocycles. The summed E-state index contributed by atoms with van der Waals surface area (Å²) in [5.74, 6) is 0.702. The van der Waals surface area contributed by atoms with Crippen LogP contribution in [0.15, 0.2) is 4.99 Å². The largest absolute Gasteiger partial charge is 0.444 e. The Morgan fingerprint density at radius 1 is 1.27 bits per heavy atom. The van der Waals surface area contributed by atoms with Crippen molar-refractivity contribution in [3.63, 3.8) is 0 Å². The summed E-state index contributed by atoms with van der Waals surface area (Å²) in [5.41, 5.74) is -0.487. The van der Waals surface area contributed by atoms with Crippen molar-refractivity contribution in [2.75, 3.05) is 33.4 Å². The first-order valence-corrected chi connectivity index (χ1v) is 7.29. The molecule has 0 aromatic rings. The highest BCUT2D eigenvalue weighted by Crippen LogP contribution is 2.05. The Morgan fingerprint density at radius 2 is 1.91 bits per heavy atom. The number of amides is 1. The molecular weight excluding hydrogens is 399 g/mol. The molecular formula is C14H31IN4O3. The van der Waals surface area contributed by atoms with Crippen molar-refractivity contribution in [3.8, 4) is 0 Å². The molecule has 0 aromatic heterocycles. The lowest BCUT2D eigenvalue weighted by Gasteiger charge is -2.19. The summed E-state index contributed by atoms with van der Waals surface area (Å²) in [7, 11) is 1.66. The summed E-state index contributed by atoms with van der Waals surface area (Å²) < 4.78 is 10.2. The van der Waals surface area contributed by atoms with Crippen LogP contribution in [0.5, 0.6) is 0 Å². The average molecular weight is 430 g/mol. The van der Waals surface area contributed by atoms with Gasteiger partial charge in [-0.05, 0) is 34.6 Å². The van der Waals surface area contributed by atoms with Crippen molar-refractivity contribution in [1.29, 1.82) is 0 Å². The van der Waals surface area contributed by atoms with Crippen LogP contribution in [0.3, 0.4) is 0 Å². The zero-order chi connectivity index (χ0) is 16.3. The van der Waals surface area contributed by atoms with E-state index in [0.717, 1.165) is 6.54 Å². The minimum atomic E-state index is -0.487. The molecule has 0 bridgehead atoms. The van der Waals surface area contributed by atoms with Crippen LogP contribution in [0.1, 0.15) is 34.6 Å². The van der Waals surface area contributed by atoms with E-state index in [2.05, 4.69) is 20.9 Å². The molecule has 7 nitrogen and oxygen atoms in total. The lowest BCUT2D eigenvalue weighted by molar-refractivity contribution is 0.0529. The summed E-state index contributed by atoms with van der Waals surface area (Å²) in [6.45, 7) is 11.7. The van der Waals surface area contributed by atoms with Gasteiger partial charge >= 0.3 is 6.09 Å². The van der Waals surface area contributed by atoms with Gasteiger partial charge in [-0.2, -0.15) is 0 Å². The molecule has 0 aliphatic carbocycles. The van der Waals surface area contributed by atoms with E-state index in [4.69, 9.17) is 9.47 Å². The fraction of sp³-hybridized carbons (Fsp3) is 0.857. The van der Waals surface area contributed by atoms with Crippen molar-refractivity contribution in [2.45, 2.75) is 46.3 Å². The SMILES string of the molecule is CCNC(=NCCNC(=O)OC(C)(C)C)NC(C)COC.I. The van der Waals surface area contributed by atoms with E-state index in [-0.39, 0.29) is 30.0 Å². The van der Waals surface area contributed by atoms with E-state index >= 15 is 0 Å². The average Bonchev–Trinajstić information content (AvgIpc) is 2.32. The molecule has 1 unspecified atom stereocenters. The number of nitrogens with one attached hydrogen (secondary N) is 3. The van der Waals surface area contributed by atoms with Gasteiger partial charge in [0.05, 0.1) is 13.2 Å². The highest BCUT2D eigenvalue weighted by atomic mass is 127. The minimum Gasteiger partial charge on any atom is -0.444 e. The number of alkyl carbamates (subject to hydrolysis) is 1. The van der Waals surface area contributed by atoms with E-state index < -0.39 is 11.7 Å². The Labute approximate surface area is 151 Å². The highest BCUT2D eigenvalue weighted by molar-refractivity contribution is 14.0. The Bertz CT molecular complexity index is 333. The monoisotopic (exact) mass is 430 g/mol. The van der Waals surface area contributed by atoms with Gasteiger partial charge in [0.15, 0.2) is 5.96 Å².